The highest BCUT2D eigenvalue weighted by atomic mass is 32.1. The van der Waals surface area contributed by atoms with Gasteiger partial charge in [-0.05, 0) is 44.6 Å². The third-order valence-corrected chi connectivity index (χ3v) is 5.38. The summed E-state index contributed by atoms with van der Waals surface area (Å²) >= 11 is 1.82. The van der Waals surface area contributed by atoms with E-state index in [9.17, 15) is 0 Å². The van der Waals surface area contributed by atoms with Crippen molar-refractivity contribution in [3.8, 4) is 0 Å². The van der Waals surface area contributed by atoms with E-state index in [1.54, 1.807) is 0 Å². The van der Waals surface area contributed by atoms with Crippen LogP contribution in [0.4, 0.5) is 0 Å². The van der Waals surface area contributed by atoms with Gasteiger partial charge < -0.3 is 5.73 Å². The molecule has 1 heterocycles. The number of aromatic nitrogens is 2. The van der Waals surface area contributed by atoms with Gasteiger partial charge in [-0.25, -0.2) is 0 Å². The van der Waals surface area contributed by atoms with Crippen molar-refractivity contribution in [3.05, 3.63) is 10.0 Å². The highest BCUT2D eigenvalue weighted by Gasteiger charge is 2.24. The second-order valence-corrected chi connectivity index (χ2v) is 6.88. The van der Waals surface area contributed by atoms with E-state index in [0.29, 0.717) is 5.92 Å². The molecule has 0 radical (unpaired) electrons. The van der Waals surface area contributed by atoms with Crippen LogP contribution in [0.1, 0.15) is 74.2 Å². The molecule has 3 nitrogen and oxygen atoms in total. The van der Waals surface area contributed by atoms with Crippen LogP contribution in [0.2, 0.25) is 0 Å². The molecule has 0 amide bonds. The number of hydrogen-bond acceptors (Lipinski definition) is 4. The minimum atomic E-state index is 0.682. The van der Waals surface area contributed by atoms with Crippen molar-refractivity contribution in [3.63, 3.8) is 0 Å². The number of rotatable bonds is 7. The molecular weight excluding hydrogens is 254 g/mol. The van der Waals surface area contributed by atoms with E-state index in [-0.39, 0.29) is 0 Å². The van der Waals surface area contributed by atoms with Crippen LogP contribution >= 0.6 is 11.3 Å². The summed E-state index contributed by atoms with van der Waals surface area (Å²) in [5.41, 5.74) is 5.54. The second-order valence-electron chi connectivity index (χ2n) is 5.79. The first-order valence-electron chi connectivity index (χ1n) is 7.85. The lowest BCUT2D eigenvalue weighted by molar-refractivity contribution is 0.303. The third-order valence-electron chi connectivity index (χ3n) is 4.24. The van der Waals surface area contributed by atoms with Crippen LogP contribution in [-0.4, -0.2) is 16.7 Å². The van der Waals surface area contributed by atoms with Crippen LogP contribution < -0.4 is 5.73 Å². The molecule has 0 saturated heterocycles. The lowest BCUT2D eigenvalue weighted by Crippen LogP contribution is -2.13. The molecule has 1 fully saturated rings. The zero-order valence-corrected chi connectivity index (χ0v) is 12.9. The standard InChI is InChI=1S/C15H27N3S/c1-2-3-5-12-7-9-13(10-8-12)15-18-17-14(19-15)6-4-11-16/h12-13H,2-11,16H2,1H3. The SMILES string of the molecule is CCCCC1CCC(c2nnc(CCCN)s2)CC1. The molecule has 0 unspecified atom stereocenters. The summed E-state index contributed by atoms with van der Waals surface area (Å²) < 4.78 is 0. The Morgan fingerprint density at radius 2 is 1.95 bits per heavy atom. The molecule has 2 N–H and O–H groups in total. The molecule has 0 aromatic carbocycles. The molecule has 1 aliphatic carbocycles. The van der Waals surface area contributed by atoms with Crippen LogP contribution in [0.3, 0.4) is 0 Å². The summed E-state index contributed by atoms with van der Waals surface area (Å²) in [4.78, 5) is 0. The number of nitrogens with two attached hydrogens (primary N) is 1. The van der Waals surface area contributed by atoms with Crippen LogP contribution in [0, 0.1) is 5.92 Å². The van der Waals surface area contributed by atoms with Gasteiger partial charge in [-0.3, -0.25) is 0 Å². The summed E-state index contributed by atoms with van der Waals surface area (Å²) in [6.07, 6.45) is 11.6. The summed E-state index contributed by atoms with van der Waals surface area (Å²) in [5.74, 6) is 1.66. The van der Waals surface area contributed by atoms with Crippen molar-refractivity contribution in [1.29, 1.82) is 0 Å². The summed E-state index contributed by atoms with van der Waals surface area (Å²) in [7, 11) is 0. The van der Waals surface area contributed by atoms with Gasteiger partial charge >= 0.3 is 0 Å². The molecule has 1 aromatic rings. The van der Waals surface area contributed by atoms with E-state index >= 15 is 0 Å². The lowest BCUT2D eigenvalue weighted by atomic mass is 9.80. The van der Waals surface area contributed by atoms with E-state index in [2.05, 4.69) is 17.1 Å². The molecule has 1 saturated carbocycles. The smallest absolute Gasteiger partial charge is 0.120 e. The maximum absolute atomic E-state index is 5.54. The molecule has 1 aliphatic rings. The summed E-state index contributed by atoms with van der Waals surface area (Å²) in [5, 5.41) is 11.2. The van der Waals surface area contributed by atoms with Crippen molar-refractivity contribution < 1.29 is 0 Å². The summed E-state index contributed by atoms with van der Waals surface area (Å²) in [6.45, 7) is 3.03. The van der Waals surface area contributed by atoms with Crippen LogP contribution in [0.25, 0.3) is 0 Å². The maximum Gasteiger partial charge on any atom is 0.120 e. The van der Waals surface area contributed by atoms with Gasteiger partial charge in [0.05, 0.1) is 0 Å². The fraction of sp³-hybridized carbons (Fsp3) is 0.867. The largest absolute Gasteiger partial charge is 0.330 e. The zero-order chi connectivity index (χ0) is 13.5. The first-order valence-corrected chi connectivity index (χ1v) is 8.67. The van der Waals surface area contributed by atoms with Gasteiger partial charge in [0.1, 0.15) is 10.0 Å². The Morgan fingerprint density at radius 1 is 1.16 bits per heavy atom. The lowest BCUT2D eigenvalue weighted by Gasteiger charge is -2.26. The quantitative estimate of drug-likeness (QED) is 0.825. The molecule has 1 aromatic heterocycles. The minimum absolute atomic E-state index is 0.682. The minimum Gasteiger partial charge on any atom is -0.330 e. The van der Waals surface area contributed by atoms with Crippen LogP contribution in [0.15, 0.2) is 0 Å². The van der Waals surface area contributed by atoms with Crippen molar-refractivity contribution >= 4 is 11.3 Å². The Bertz CT molecular complexity index is 356. The van der Waals surface area contributed by atoms with E-state index < -0.39 is 0 Å². The molecule has 0 spiro atoms. The van der Waals surface area contributed by atoms with Crippen molar-refractivity contribution in [2.24, 2.45) is 11.7 Å². The van der Waals surface area contributed by atoms with E-state index in [1.807, 2.05) is 11.3 Å². The van der Waals surface area contributed by atoms with Gasteiger partial charge in [0, 0.05) is 12.3 Å². The Morgan fingerprint density at radius 3 is 2.63 bits per heavy atom. The maximum atomic E-state index is 5.54. The van der Waals surface area contributed by atoms with E-state index in [1.165, 1.54) is 55.0 Å². The first kappa shape index (κ1) is 14.9. The molecule has 2 rings (SSSR count). The van der Waals surface area contributed by atoms with Gasteiger partial charge in [0.2, 0.25) is 0 Å². The molecule has 108 valence electrons. The predicted octanol–water partition coefficient (Wildman–Crippen LogP) is 3.89. The third kappa shape index (κ3) is 4.53. The molecule has 0 aliphatic heterocycles. The number of nitrogens with zero attached hydrogens (tertiary/aromatic N) is 2. The number of unbranched alkanes of at least 4 members (excludes halogenated alkanes) is 1. The van der Waals surface area contributed by atoms with Crippen molar-refractivity contribution in [2.45, 2.75) is 70.6 Å². The second kappa shape index (κ2) is 7.95. The van der Waals surface area contributed by atoms with Gasteiger partial charge in [-0.1, -0.05) is 26.2 Å². The predicted molar refractivity (Wildman–Crippen MR) is 81.5 cm³/mol. The molecule has 19 heavy (non-hydrogen) atoms. The highest BCUT2D eigenvalue weighted by Crippen LogP contribution is 2.38. The first-order chi connectivity index (χ1) is 9.33. The summed E-state index contributed by atoms with van der Waals surface area (Å²) in [6, 6.07) is 0. The van der Waals surface area contributed by atoms with Crippen LogP contribution in [-0.2, 0) is 6.42 Å². The van der Waals surface area contributed by atoms with Gasteiger partial charge in [0.25, 0.3) is 0 Å². The van der Waals surface area contributed by atoms with Gasteiger partial charge in [0.15, 0.2) is 0 Å². The monoisotopic (exact) mass is 281 g/mol. The topological polar surface area (TPSA) is 51.8 Å². The van der Waals surface area contributed by atoms with Gasteiger partial charge in [-0.15, -0.1) is 21.5 Å². The van der Waals surface area contributed by atoms with Gasteiger partial charge in [-0.2, -0.15) is 0 Å². The van der Waals surface area contributed by atoms with E-state index in [0.717, 1.165) is 25.3 Å². The fourth-order valence-corrected chi connectivity index (χ4v) is 4.03. The average Bonchev–Trinajstić information content (AvgIpc) is 2.92. The van der Waals surface area contributed by atoms with E-state index in [4.69, 9.17) is 5.73 Å². The van der Waals surface area contributed by atoms with Crippen molar-refractivity contribution in [2.75, 3.05) is 6.54 Å². The average molecular weight is 281 g/mol. The van der Waals surface area contributed by atoms with Crippen LogP contribution in [0.5, 0.6) is 0 Å². The normalized spacial score (nSPS) is 23.7. The Balaban J connectivity index is 1.78. The molecule has 4 heteroatoms. The Kier molecular flexibility index (Phi) is 6.24. The molecule has 0 atom stereocenters. The zero-order valence-electron chi connectivity index (χ0n) is 12.1. The molecule has 0 bridgehead atoms. The number of hydrogen-bond donors (Lipinski definition) is 1. The highest BCUT2D eigenvalue weighted by molar-refractivity contribution is 7.11. The van der Waals surface area contributed by atoms with Crippen molar-refractivity contribution in [1.82, 2.24) is 10.2 Å². The Hall–Kier alpha value is -0.480. The Labute approximate surface area is 121 Å². The fourth-order valence-electron chi connectivity index (χ4n) is 2.98. The number of aryl methyl sites for hydroxylation is 1. The molecular formula is C15H27N3S.